The van der Waals surface area contributed by atoms with Crippen molar-refractivity contribution < 1.29 is 5.11 Å². The van der Waals surface area contributed by atoms with Crippen LogP contribution in [0.4, 0.5) is 0 Å². The Morgan fingerprint density at radius 3 is 2.57 bits per heavy atom. The summed E-state index contributed by atoms with van der Waals surface area (Å²) in [5.74, 6) is 1.21. The number of benzene rings is 1. The van der Waals surface area contributed by atoms with E-state index < -0.39 is 0 Å². The van der Waals surface area contributed by atoms with Gasteiger partial charge in [0.1, 0.15) is 5.75 Å². The van der Waals surface area contributed by atoms with Crippen LogP contribution in [0.25, 0.3) is 0 Å². The van der Waals surface area contributed by atoms with Gasteiger partial charge < -0.3 is 10.4 Å². The van der Waals surface area contributed by atoms with Gasteiger partial charge in [0.05, 0.1) is 0 Å². The van der Waals surface area contributed by atoms with Crippen molar-refractivity contribution in [2.24, 2.45) is 5.92 Å². The number of nitrogens with zero attached hydrogens (tertiary/aromatic N) is 1. The number of nitrogens with one attached hydrogen (secondary N) is 1. The maximum atomic E-state index is 9.88. The highest BCUT2D eigenvalue weighted by atomic mass is 16.3. The summed E-state index contributed by atoms with van der Waals surface area (Å²) >= 11 is 0. The fourth-order valence-corrected chi connectivity index (χ4v) is 3.26. The van der Waals surface area contributed by atoms with Crippen LogP contribution in [0, 0.1) is 19.8 Å². The summed E-state index contributed by atoms with van der Waals surface area (Å²) < 4.78 is 0. The molecule has 0 aliphatic carbocycles. The summed E-state index contributed by atoms with van der Waals surface area (Å²) in [5, 5.41) is 13.4. The lowest BCUT2D eigenvalue weighted by atomic mass is 9.96. The molecule has 1 heterocycles. The fraction of sp³-hybridized carbons (Fsp3) is 0.667. The van der Waals surface area contributed by atoms with Crippen molar-refractivity contribution in [3.8, 4) is 5.75 Å². The van der Waals surface area contributed by atoms with Gasteiger partial charge in [-0.2, -0.15) is 0 Å². The molecular weight excluding hydrogens is 260 g/mol. The zero-order valence-electron chi connectivity index (χ0n) is 13.9. The van der Waals surface area contributed by atoms with E-state index in [0.29, 0.717) is 11.8 Å². The molecule has 1 saturated heterocycles. The van der Waals surface area contributed by atoms with Crippen molar-refractivity contribution in [2.75, 3.05) is 19.6 Å². The van der Waals surface area contributed by atoms with E-state index in [4.69, 9.17) is 0 Å². The number of aryl methyl sites for hydroxylation is 2. The largest absolute Gasteiger partial charge is 0.507 e. The maximum Gasteiger partial charge on any atom is 0.121 e. The molecule has 1 atom stereocenters. The summed E-state index contributed by atoms with van der Waals surface area (Å²) in [7, 11) is 0. The Hall–Kier alpha value is -1.06. The van der Waals surface area contributed by atoms with Gasteiger partial charge in [0, 0.05) is 19.1 Å². The minimum absolute atomic E-state index is 0.441. The Morgan fingerprint density at radius 2 is 1.95 bits per heavy atom. The maximum absolute atomic E-state index is 9.88. The van der Waals surface area contributed by atoms with E-state index in [-0.39, 0.29) is 0 Å². The monoisotopic (exact) mass is 290 g/mol. The van der Waals surface area contributed by atoms with E-state index in [9.17, 15) is 5.11 Å². The molecule has 3 nitrogen and oxygen atoms in total. The standard InChI is InChI=1S/C18H30N2O/c1-13(2)19-10-16-6-5-7-20(11-16)12-17-8-14(3)18(21)15(4)9-17/h8-9,13,16,19,21H,5-7,10-12H2,1-4H3. The minimum Gasteiger partial charge on any atom is -0.507 e. The highest BCUT2D eigenvalue weighted by molar-refractivity contribution is 5.42. The molecule has 0 amide bonds. The van der Waals surface area contributed by atoms with E-state index >= 15 is 0 Å². The van der Waals surface area contributed by atoms with Gasteiger partial charge in [-0.3, -0.25) is 4.90 Å². The van der Waals surface area contributed by atoms with E-state index in [1.807, 2.05) is 13.8 Å². The predicted octanol–water partition coefficient (Wildman–Crippen LogP) is 3.22. The van der Waals surface area contributed by atoms with Gasteiger partial charge in [-0.05, 0) is 62.4 Å². The Kier molecular flexibility index (Phi) is 5.65. The molecule has 2 rings (SSSR count). The molecule has 1 unspecified atom stereocenters. The average molecular weight is 290 g/mol. The summed E-state index contributed by atoms with van der Waals surface area (Å²) in [6, 6.07) is 4.82. The highest BCUT2D eigenvalue weighted by Crippen LogP contribution is 2.25. The summed E-state index contributed by atoms with van der Waals surface area (Å²) in [4.78, 5) is 2.56. The van der Waals surface area contributed by atoms with Crippen molar-refractivity contribution in [1.82, 2.24) is 10.2 Å². The molecule has 0 bridgehead atoms. The zero-order valence-corrected chi connectivity index (χ0v) is 13.9. The first kappa shape index (κ1) is 16.3. The molecule has 0 aromatic heterocycles. The van der Waals surface area contributed by atoms with Crippen LogP contribution in [-0.2, 0) is 6.54 Å². The zero-order chi connectivity index (χ0) is 15.4. The van der Waals surface area contributed by atoms with Gasteiger partial charge in [0.25, 0.3) is 0 Å². The number of rotatable bonds is 5. The quantitative estimate of drug-likeness (QED) is 0.874. The van der Waals surface area contributed by atoms with Crippen LogP contribution in [0.5, 0.6) is 5.75 Å². The topological polar surface area (TPSA) is 35.5 Å². The molecule has 1 fully saturated rings. The molecule has 0 saturated carbocycles. The molecule has 1 aliphatic rings. The first-order chi connectivity index (χ1) is 9.95. The highest BCUT2D eigenvalue weighted by Gasteiger charge is 2.20. The lowest BCUT2D eigenvalue weighted by Crippen LogP contribution is -2.40. The second-order valence-corrected chi connectivity index (χ2v) is 6.88. The predicted molar refractivity (Wildman–Crippen MR) is 88.7 cm³/mol. The smallest absolute Gasteiger partial charge is 0.121 e. The van der Waals surface area contributed by atoms with E-state index in [2.05, 4.69) is 36.2 Å². The number of likely N-dealkylation sites (tertiary alicyclic amines) is 1. The van der Waals surface area contributed by atoms with Crippen LogP contribution in [-0.4, -0.2) is 35.7 Å². The van der Waals surface area contributed by atoms with E-state index in [0.717, 1.165) is 30.1 Å². The van der Waals surface area contributed by atoms with Gasteiger partial charge in [-0.15, -0.1) is 0 Å². The van der Waals surface area contributed by atoms with Crippen molar-refractivity contribution in [1.29, 1.82) is 0 Å². The molecule has 21 heavy (non-hydrogen) atoms. The number of aromatic hydroxyl groups is 1. The SMILES string of the molecule is Cc1cc(CN2CCCC(CNC(C)C)C2)cc(C)c1O. The second kappa shape index (κ2) is 7.28. The Balaban J connectivity index is 1.93. The lowest BCUT2D eigenvalue weighted by molar-refractivity contribution is 0.164. The number of phenols is 1. The third-order valence-corrected chi connectivity index (χ3v) is 4.37. The lowest BCUT2D eigenvalue weighted by Gasteiger charge is -2.33. The minimum atomic E-state index is 0.441. The molecule has 0 spiro atoms. The third-order valence-electron chi connectivity index (χ3n) is 4.37. The molecule has 118 valence electrons. The summed E-state index contributed by atoms with van der Waals surface area (Å²) in [6.45, 7) is 12.9. The normalized spacial score (nSPS) is 20.1. The number of phenolic OH excluding ortho intramolecular Hbond substituents is 1. The van der Waals surface area contributed by atoms with E-state index in [1.54, 1.807) is 0 Å². The van der Waals surface area contributed by atoms with Crippen molar-refractivity contribution in [2.45, 2.75) is 53.1 Å². The van der Waals surface area contributed by atoms with Crippen molar-refractivity contribution >= 4 is 0 Å². The van der Waals surface area contributed by atoms with Crippen LogP contribution < -0.4 is 5.32 Å². The second-order valence-electron chi connectivity index (χ2n) is 6.88. The molecular formula is C18H30N2O. The Bertz CT molecular complexity index is 447. The number of piperidine rings is 1. The van der Waals surface area contributed by atoms with Gasteiger partial charge in [0.15, 0.2) is 0 Å². The average Bonchev–Trinajstić information content (AvgIpc) is 2.43. The van der Waals surface area contributed by atoms with Crippen molar-refractivity contribution in [3.05, 3.63) is 28.8 Å². The first-order valence-corrected chi connectivity index (χ1v) is 8.20. The van der Waals surface area contributed by atoms with Crippen LogP contribution in [0.3, 0.4) is 0 Å². The summed E-state index contributed by atoms with van der Waals surface area (Å²) in [6.07, 6.45) is 2.63. The van der Waals surface area contributed by atoms with Gasteiger partial charge in [-0.1, -0.05) is 26.0 Å². The van der Waals surface area contributed by atoms with Crippen LogP contribution >= 0.6 is 0 Å². The number of hydrogen-bond acceptors (Lipinski definition) is 3. The van der Waals surface area contributed by atoms with Crippen LogP contribution in [0.15, 0.2) is 12.1 Å². The Morgan fingerprint density at radius 1 is 1.29 bits per heavy atom. The molecule has 3 heteroatoms. The molecule has 1 aromatic rings. The summed E-state index contributed by atoms with van der Waals surface area (Å²) in [5.41, 5.74) is 3.29. The van der Waals surface area contributed by atoms with Gasteiger partial charge in [0.2, 0.25) is 0 Å². The molecule has 2 N–H and O–H groups in total. The van der Waals surface area contributed by atoms with Crippen LogP contribution in [0.1, 0.15) is 43.4 Å². The fourth-order valence-electron chi connectivity index (χ4n) is 3.26. The van der Waals surface area contributed by atoms with E-state index in [1.165, 1.54) is 31.5 Å². The van der Waals surface area contributed by atoms with Crippen molar-refractivity contribution in [3.63, 3.8) is 0 Å². The van der Waals surface area contributed by atoms with Gasteiger partial charge in [-0.25, -0.2) is 0 Å². The molecule has 0 radical (unpaired) electrons. The first-order valence-electron chi connectivity index (χ1n) is 8.20. The van der Waals surface area contributed by atoms with Crippen LogP contribution in [0.2, 0.25) is 0 Å². The molecule has 1 aliphatic heterocycles. The Labute approximate surface area is 129 Å². The van der Waals surface area contributed by atoms with Gasteiger partial charge >= 0.3 is 0 Å². The third kappa shape index (κ3) is 4.72. The number of hydrogen-bond donors (Lipinski definition) is 2. The molecule has 1 aromatic carbocycles.